The van der Waals surface area contributed by atoms with Crippen LogP contribution in [0.4, 0.5) is 11.4 Å². The molecule has 0 bridgehead atoms. The van der Waals surface area contributed by atoms with Crippen LogP contribution in [0.15, 0.2) is 36.4 Å². The molecule has 2 aromatic carbocycles. The number of nitrogen functional groups attached to an aromatic ring is 1. The molecule has 0 unspecified atom stereocenters. The van der Waals surface area contributed by atoms with E-state index in [4.69, 9.17) is 17.3 Å². The normalized spacial score (nSPS) is 10.2. The Bertz CT molecular complexity index is 644. The standard InChI is InChI=1S/C13H11ClN2O3/c14-10-3-1-7(17)5-9(10)13(19)16-12-4-2-8(18)6-11(12)15/h1-6,17-18H,15H2,(H,16,19). The number of phenols is 2. The van der Waals surface area contributed by atoms with Gasteiger partial charge in [-0.05, 0) is 30.3 Å². The molecule has 2 rings (SSSR count). The van der Waals surface area contributed by atoms with E-state index < -0.39 is 5.91 Å². The van der Waals surface area contributed by atoms with Crippen molar-refractivity contribution in [3.05, 3.63) is 47.0 Å². The lowest BCUT2D eigenvalue weighted by molar-refractivity contribution is 0.102. The van der Waals surface area contributed by atoms with E-state index in [1.54, 1.807) is 0 Å². The molecule has 0 aliphatic heterocycles. The van der Waals surface area contributed by atoms with E-state index in [9.17, 15) is 15.0 Å². The number of nitrogens with two attached hydrogens (primary N) is 1. The van der Waals surface area contributed by atoms with Crippen LogP contribution < -0.4 is 11.1 Å². The van der Waals surface area contributed by atoms with Gasteiger partial charge in [0, 0.05) is 6.07 Å². The maximum Gasteiger partial charge on any atom is 0.257 e. The molecular formula is C13H11ClN2O3. The predicted octanol–water partition coefficient (Wildman–Crippen LogP) is 2.59. The Morgan fingerprint density at radius 3 is 2.42 bits per heavy atom. The van der Waals surface area contributed by atoms with Gasteiger partial charge in [-0.25, -0.2) is 0 Å². The first kappa shape index (κ1) is 13.0. The third-order valence-corrected chi connectivity index (χ3v) is 2.81. The Labute approximate surface area is 114 Å². The van der Waals surface area contributed by atoms with Gasteiger partial charge in [-0.2, -0.15) is 0 Å². The maximum atomic E-state index is 12.0. The molecule has 0 fully saturated rings. The van der Waals surface area contributed by atoms with Gasteiger partial charge < -0.3 is 21.3 Å². The van der Waals surface area contributed by atoms with Crippen molar-refractivity contribution >= 4 is 28.9 Å². The summed E-state index contributed by atoms with van der Waals surface area (Å²) >= 11 is 5.88. The number of carbonyl (C=O) groups excluding carboxylic acids is 1. The van der Waals surface area contributed by atoms with Gasteiger partial charge >= 0.3 is 0 Å². The van der Waals surface area contributed by atoms with Crippen LogP contribution in [0.25, 0.3) is 0 Å². The molecule has 0 aliphatic rings. The maximum absolute atomic E-state index is 12.0. The number of halogens is 1. The highest BCUT2D eigenvalue weighted by Crippen LogP contribution is 2.26. The summed E-state index contributed by atoms with van der Waals surface area (Å²) < 4.78 is 0. The lowest BCUT2D eigenvalue weighted by Crippen LogP contribution is -2.13. The zero-order chi connectivity index (χ0) is 14.0. The van der Waals surface area contributed by atoms with E-state index >= 15 is 0 Å². The smallest absolute Gasteiger partial charge is 0.257 e. The second kappa shape index (κ2) is 5.07. The average molecular weight is 279 g/mol. The number of phenolic OH excluding ortho intramolecular Hbond substituents is 2. The Morgan fingerprint density at radius 1 is 1.11 bits per heavy atom. The minimum atomic E-state index is -0.502. The minimum Gasteiger partial charge on any atom is -0.508 e. The molecule has 0 radical (unpaired) electrons. The van der Waals surface area contributed by atoms with Crippen LogP contribution in [-0.4, -0.2) is 16.1 Å². The van der Waals surface area contributed by atoms with Gasteiger partial charge in [0.2, 0.25) is 0 Å². The zero-order valence-corrected chi connectivity index (χ0v) is 10.5. The zero-order valence-electron chi connectivity index (χ0n) is 9.72. The molecule has 19 heavy (non-hydrogen) atoms. The van der Waals surface area contributed by atoms with E-state index in [-0.39, 0.29) is 27.8 Å². The monoisotopic (exact) mass is 278 g/mol. The van der Waals surface area contributed by atoms with Crippen molar-refractivity contribution in [1.29, 1.82) is 0 Å². The van der Waals surface area contributed by atoms with E-state index in [0.29, 0.717) is 5.69 Å². The fourth-order valence-corrected chi connectivity index (χ4v) is 1.74. The van der Waals surface area contributed by atoms with Crippen molar-refractivity contribution in [1.82, 2.24) is 0 Å². The highest BCUT2D eigenvalue weighted by atomic mass is 35.5. The SMILES string of the molecule is Nc1cc(O)ccc1NC(=O)c1cc(O)ccc1Cl. The van der Waals surface area contributed by atoms with Crippen molar-refractivity contribution in [2.24, 2.45) is 0 Å². The predicted molar refractivity (Wildman–Crippen MR) is 73.6 cm³/mol. The van der Waals surface area contributed by atoms with Crippen LogP contribution in [0, 0.1) is 0 Å². The number of nitrogens with one attached hydrogen (secondary N) is 1. The van der Waals surface area contributed by atoms with Crippen LogP contribution in [0.3, 0.4) is 0 Å². The summed E-state index contributed by atoms with van der Waals surface area (Å²) in [5.74, 6) is -0.558. The van der Waals surface area contributed by atoms with Crippen LogP contribution in [0.1, 0.15) is 10.4 Å². The Morgan fingerprint density at radius 2 is 1.74 bits per heavy atom. The summed E-state index contributed by atoms with van der Waals surface area (Å²) in [4.78, 5) is 12.0. The van der Waals surface area contributed by atoms with Gasteiger partial charge in [-0.3, -0.25) is 4.79 Å². The highest BCUT2D eigenvalue weighted by molar-refractivity contribution is 6.34. The van der Waals surface area contributed by atoms with Gasteiger partial charge in [-0.15, -0.1) is 0 Å². The highest BCUT2D eigenvalue weighted by Gasteiger charge is 2.13. The molecule has 0 aliphatic carbocycles. The van der Waals surface area contributed by atoms with Crippen molar-refractivity contribution < 1.29 is 15.0 Å². The van der Waals surface area contributed by atoms with Gasteiger partial charge in [0.1, 0.15) is 11.5 Å². The molecule has 6 heteroatoms. The first-order valence-corrected chi connectivity index (χ1v) is 5.73. The third-order valence-electron chi connectivity index (χ3n) is 2.48. The van der Waals surface area contributed by atoms with Gasteiger partial charge in [0.15, 0.2) is 0 Å². The lowest BCUT2D eigenvalue weighted by Gasteiger charge is -2.09. The molecule has 5 nitrogen and oxygen atoms in total. The molecular weight excluding hydrogens is 268 g/mol. The first-order valence-electron chi connectivity index (χ1n) is 5.36. The van der Waals surface area contributed by atoms with Crippen LogP contribution in [0.5, 0.6) is 11.5 Å². The number of aromatic hydroxyl groups is 2. The summed E-state index contributed by atoms with van der Waals surface area (Å²) in [5, 5.41) is 21.3. The number of rotatable bonds is 2. The van der Waals surface area contributed by atoms with E-state index in [2.05, 4.69) is 5.32 Å². The molecule has 1 amide bonds. The van der Waals surface area contributed by atoms with Crippen LogP contribution >= 0.6 is 11.6 Å². The number of hydrogen-bond acceptors (Lipinski definition) is 4. The largest absolute Gasteiger partial charge is 0.508 e. The van der Waals surface area contributed by atoms with Crippen molar-refractivity contribution in [2.75, 3.05) is 11.1 Å². The Hall–Kier alpha value is -2.40. The van der Waals surface area contributed by atoms with Gasteiger partial charge in [-0.1, -0.05) is 11.6 Å². The summed E-state index contributed by atoms with van der Waals surface area (Å²) in [5.41, 5.74) is 6.37. The van der Waals surface area contributed by atoms with Gasteiger partial charge in [0.05, 0.1) is 22.0 Å². The Balaban J connectivity index is 2.28. The topological polar surface area (TPSA) is 95.6 Å². The molecule has 98 valence electrons. The van der Waals surface area contributed by atoms with E-state index in [1.165, 1.54) is 36.4 Å². The quantitative estimate of drug-likeness (QED) is 0.501. The fourth-order valence-electron chi connectivity index (χ4n) is 1.54. The number of anilines is 2. The molecule has 0 spiro atoms. The number of carbonyl (C=O) groups is 1. The van der Waals surface area contributed by atoms with Crippen molar-refractivity contribution in [2.45, 2.75) is 0 Å². The van der Waals surface area contributed by atoms with Crippen LogP contribution in [0.2, 0.25) is 5.02 Å². The molecule has 2 aromatic rings. The number of amides is 1. The number of hydrogen-bond donors (Lipinski definition) is 4. The second-order valence-electron chi connectivity index (χ2n) is 3.89. The molecule has 0 saturated carbocycles. The third kappa shape index (κ3) is 2.89. The summed E-state index contributed by atoms with van der Waals surface area (Å²) in [6.07, 6.45) is 0. The molecule has 0 saturated heterocycles. The molecule has 0 heterocycles. The molecule has 0 aromatic heterocycles. The molecule has 0 atom stereocenters. The lowest BCUT2D eigenvalue weighted by atomic mass is 10.2. The minimum absolute atomic E-state index is 0.00545. The number of benzene rings is 2. The summed E-state index contributed by atoms with van der Waals surface area (Å²) in [6.45, 7) is 0. The average Bonchev–Trinajstić information content (AvgIpc) is 2.35. The van der Waals surface area contributed by atoms with E-state index in [1.807, 2.05) is 0 Å². The molecule has 5 N–H and O–H groups in total. The Kier molecular flexibility index (Phi) is 3.48. The van der Waals surface area contributed by atoms with Crippen molar-refractivity contribution in [3.8, 4) is 11.5 Å². The fraction of sp³-hybridized carbons (Fsp3) is 0. The van der Waals surface area contributed by atoms with Crippen molar-refractivity contribution in [3.63, 3.8) is 0 Å². The summed E-state index contributed by atoms with van der Waals surface area (Å²) in [6, 6.07) is 8.25. The second-order valence-corrected chi connectivity index (χ2v) is 4.30. The summed E-state index contributed by atoms with van der Waals surface area (Å²) in [7, 11) is 0. The van der Waals surface area contributed by atoms with Gasteiger partial charge in [0.25, 0.3) is 5.91 Å². The van der Waals surface area contributed by atoms with Crippen LogP contribution in [-0.2, 0) is 0 Å². The first-order chi connectivity index (χ1) is 8.97. The van der Waals surface area contributed by atoms with E-state index in [0.717, 1.165) is 0 Å².